The van der Waals surface area contributed by atoms with Crippen LogP contribution in [0.25, 0.3) is 0 Å². The molecule has 0 unspecified atom stereocenters. The minimum absolute atomic E-state index is 0.295. The number of carbonyl (C=O) groups is 2. The van der Waals surface area contributed by atoms with E-state index in [1.807, 2.05) is 0 Å². The van der Waals surface area contributed by atoms with Crippen LogP contribution >= 0.6 is 0 Å². The maximum Gasteiger partial charge on any atom is 0.334 e. The predicted octanol–water partition coefficient (Wildman–Crippen LogP) is 9.64. The molecule has 206 valence electrons. The maximum absolute atomic E-state index is 13.1. The third-order valence-corrected chi connectivity index (χ3v) is 6.63. The highest BCUT2D eigenvalue weighted by molar-refractivity contribution is 6.00. The Bertz CT molecular complexity index is 538. The fourth-order valence-corrected chi connectivity index (χ4v) is 4.28. The average Bonchev–Trinajstić information content (AvgIpc) is 2.86. The van der Waals surface area contributed by atoms with Crippen molar-refractivity contribution in [3.63, 3.8) is 0 Å². The first kappa shape index (κ1) is 33.7. The molecule has 0 fully saturated rings. The molecule has 0 bridgehead atoms. The van der Waals surface area contributed by atoms with Crippen LogP contribution < -0.4 is 0 Å². The summed E-state index contributed by atoms with van der Waals surface area (Å²) in [5.74, 6) is -0.594. The van der Waals surface area contributed by atoms with Crippen molar-refractivity contribution in [2.45, 2.75) is 163 Å². The van der Waals surface area contributed by atoms with E-state index in [0.717, 1.165) is 51.4 Å². The van der Waals surface area contributed by atoms with Crippen LogP contribution in [0, 0.1) is 0 Å². The summed E-state index contributed by atoms with van der Waals surface area (Å²) in [6.45, 7) is 9.63. The summed E-state index contributed by atoms with van der Waals surface area (Å²) < 4.78 is 11.3. The van der Waals surface area contributed by atoms with E-state index < -0.39 is 0 Å². The molecule has 4 heteroatoms. The molecule has 0 aromatic carbocycles. The van der Waals surface area contributed by atoms with E-state index in [9.17, 15) is 9.59 Å². The van der Waals surface area contributed by atoms with E-state index in [1.54, 1.807) is 0 Å². The predicted molar refractivity (Wildman–Crippen MR) is 149 cm³/mol. The van der Waals surface area contributed by atoms with Crippen molar-refractivity contribution in [1.82, 2.24) is 0 Å². The zero-order valence-corrected chi connectivity index (χ0v) is 23.9. The van der Waals surface area contributed by atoms with Gasteiger partial charge in [-0.05, 0) is 38.5 Å². The van der Waals surface area contributed by atoms with Gasteiger partial charge in [-0.15, -0.1) is 0 Å². The van der Waals surface area contributed by atoms with Gasteiger partial charge in [0.2, 0.25) is 0 Å². The zero-order chi connectivity index (χ0) is 26.0. The molecule has 0 saturated carbocycles. The summed E-state index contributed by atoms with van der Waals surface area (Å²) >= 11 is 0. The van der Waals surface area contributed by atoms with Crippen LogP contribution in [0.1, 0.15) is 163 Å². The molecule has 35 heavy (non-hydrogen) atoms. The van der Waals surface area contributed by atoms with E-state index in [1.165, 1.54) is 70.6 Å². The quantitative estimate of drug-likeness (QED) is 0.0720. The molecule has 0 aliphatic rings. The molecule has 0 heterocycles. The minimum Gasteiger partial charge on any atom is -0.462 e. The van der Waals surface area contributed by atoms with E-state index in [2.05, 4.69) is 27.7 Å². The lowest BCUT2D eigenvalue weighted by Gasteiger charge is -2.15. The molecule has 0 atom stereocenters. The number of carbonyl (C=O) groups excluding carboxylic acids is 2. The third-order valence-electron chi connectivity index (χ3n) is 6.63. The first-order chi connectivity index (χ1) is 17.1. The SMILES string of the molecule is CCCCCCCCOC(=O)/C(CCCC)=C(/CCCCCCC)C(=O)OCCCCCCCC. The second-order valence-electron chi connectivity index (χ2n) is 10.0. The standard InChI is InChI=1S/C31H58O4/c1-5-9-13-16-19-22-26-34-30(32)28(24-12-8-4)29(25-21-18-15-11-7-3)31(33)35-27-23-20-17-14-10-6-2/h5-27H2,1-4H3/b29-28-. The van der Waals surface area contributed by atoms with Gasteiger partial charge in [-0.1, -0.05) is 124 Å². The average molecular weight is 495 g/mol. The molecule has 4 nitrogen and oxygen atoms in total. The normalized spacial score (nSPS) is 11.9. The van der Waals surface area contributed by atoms with Crippen LogP contribution in [-0.4, -0.2) is 25.2 Å². The summed E-state index contributed by atoms with van der Waals surface area (Å²) in [4.78, 5) is 26.2. The zero-order valence-electron chi connectivity index (χ0n) is 23.9. The van der Waals surface area contributed by atoms with Crippen LogP contribution in [-0.2, 0) is 19.1 Å². The van der Waals surface area contributed by atoms with Crippen LogP contribution in [0.4, 0.5) is 0 Å². The summed E-state index contributed by atoms with van der Waals surface area (Å²) in [5, 5.41) is 0. The van der Waals surface area contributed by atoms with Crippen molar-refractivity contribution in [3.05, 3.63) is 11.1 Å². The smallest absolute Gasteiger partial charge is 0.334 e. The Morgan fingerprint density at radius 2 is 0.714 bits per heavy atom. The number of rotatable bonds is 25. The first-order valence-electron chi connectivity index (χ1n) is 15.2. The number of hydrogen-bond acceptors (Lipinski definition) is 4. The van der Waals surface area contributed by atoms with Crippen molar-refractivity contribution < 1.29 is 19.1 Å². The molecule has 0 aromatic rings. The molecular weight excluding hydrogens is 436 g/mol. The molecule has 0 rings (SSSR count). The van der Waals surface area contributed by atoms with Gasteiger partial charge >= 0.3 is 11.9 Å². The maximum atomic E-state index is 13.1. The van der Waals surface area contributed by atoms with Crippen LogP contribution in [0.15, 0.2) is 11.1 Å². The molecule has 0 radical (unpaired) electrons. The highest BCUT2D eigenvalue weighted by Crippen LogP contribution is 2.23. The van der Waals surface area contributed by atoms with Crippen molar-refractivity contribution in [2.24, 2.45) is 0 Å². The van der Waals surface area contributed by atoms with Gasteiger partial charge in [0.1, 0.15) is 0 Å². The Balaban J connectivity index is 5.05. The molecular formula is C31H58O4. The Hall–Kier alpha value is -1.32. The first-order valence-corrected chi connectivity index (χ1v) is 15.2. The molecule has 0 spiro atoms. The number of esters is 2. The monoisotopic (exact) mass is 494 g/mol. The molecule has 0 saturated heterocycles. The lowest BCUT2D eigenvalue weighted by molar-refractivity contribution is -0.142. The summed E-state index contributed by atoms with van der Waals surface area (Å²) in [6, 6.07) is 0. The van der Waals surface area contributed by atoms with Gasteiger partial charge in [0.05, 0.1) is 13.2 Å². The van der Waals surface area contributed by atoms with Crippen molar-refractivity contribution in [2.75, 3.05) is 13.2 Å². The van der Waals surface area contributed by atoms with Gasteiger partial charge in [0, 0.05) is 11.1 Å². The molecule has 0 amide bonds. The van der Waals surface area contributed by atoms with Crippen LogP contribution in [0.2, 0.25) is 0 Å². The largest absolute Gasteiger partial charge is 0.462 e. The van der Waals surface area contributed by atoms with E-state index in [0.29, 0.717) is 37.2 Å². The Morgan fingerprint density at radius 1 is 0.400 bits per heavy atom. The Kier molecular flexibility index (Phi) is 24.8. The summed E-state index contributed by atoms with van der Waals surface area (Å²) in [7, 11) is 0. The highest BCUT2D eigenvalue weighted by atomic mass is 16.5. The van der Waals surface area contributed by atoms with Crippen molar-refractivity contribution in [3.8, 4) is 0 Å². The number of unbranched alkanes of at least 4 members (excludes halogenated alkanes) is 15. The Labute approximate surface area is 218 Å². The van der Waals surface area contributed by atoms with Crippen LogP contribution in [0.3, 0.4) is 0 Å². The lowest BCUT2D eigenvalue weighted by Crippen LogP contribution is -2.18. The van der Waals surface area contributed by atoms with Gasteiger partial charge in [-0.25, -0.2) is 9.59 Å². The molecule has 0 N–H and O–H groups in total. The molecule has 0 aliphatic carbocycles. The second-order valence-corrected chi connectivity index (χ2v) is 10.0. The number of ether oxygens (including phenoxy) is 2. The van der Waals surface area contributed by atoms with Gasteiger partial charge in [-0.2, -0.15) is 0 Å². The van der Waals surface area contributed by atoms with Crippen molar-refractivity contribution in [1.29, 1.82) is 0 Å². The minimum atomic E-state index is -0.299. The Morgan fingerprint density at radius 3 is 1.11 bits per heavy atom. The third kappa shape index (κ3) is 19.5. The fraction of sp³-hybridized carbons (Fsp3) is 0.871. The van der Waals surface area contributed by atoms with Gasteiger partial charge < -0.3 is 9.47 Å². The lowest BCUT2D eigenvalue weighted by atomic mass is 9.97. The van der Waals surface area contributed by atoms with E-state index >= 15 is 0 Å². The van der Waals surface area contributed by atoms with E-state index in [4.69, 9.17) is 9.47 Å². The van der Waals surface area contributed by atoms with Gasteiger partial charge in [-0.3, -0.25) is 0 Å². The van der Waals surface area contributed by atoms with Crippen LogP contribution in [0.5, 0.6) is 0 Å². The number of hydrogen-bond donors (Lipinski definition) is 0. The summed E-state index contributed by atoms with van der Waals surface area (Å²) in [6.07, 6.45) is 22.5. The highest BCUT2D eigenvalue weighted by Gasteiger charge is 2.23. The second kappa shape index (κ2) is 25.8. The van der Waals surface area contributed by atoms with Crippen molar-refractivity contribution >= 4 is 11.9 Å². The fourth-order valence-electron chi connectivity index (χ4n) is 4.28. The topological polar surface area (TPSA) is 52.6 Å². The van der Waals surface area contributed by atoms with Gasteiger partial charge in [0.25, 0.3) is 0 Å². The van der Waals surface area contributed by atoms with Gasteiger partial charge in [0.15, 0.2) is 0 Å². The molecule has 0 aromatic heterocycles. The van der Waals surface area contributed by atoms with E-state index in [-0.39, 0.29) is 11.9 Å². The summed E-state index contributed by atoms with van der Waals surface area (Å²) in [5.41, 5.74) is 1.15. The molecule has 0 aliphatic heterocycles.